The third-order valence-corrected chi connectivity index (χ3v) is 2.30. The molecule has 11 heavy (non-hydrogen) atoms. The third-order valence-electron chi connectivity index (χ3n) is 0.599. The first kappa shape index (κ1) is 14.9. The minimum absolute atomic E-state index is 0. The Labute approximate surface area is 105 Å². The Morgan fingerprint density at radius 2 is 1.00 bits per heavy atom. The number of hydrogen-bond acceptors (Lipinski definition) is 4. The maximum atomic E-state index is 9.86. The Kier molecular flexibility index (Phi) is 7.03. The van der Waals surface area contributed by atoms with E-state index in [0.29, 0.717) is 0 Å². The van der Waals surface area contributed by atoms with Crippen LogP contribution in [0.3, 0.4) is 0 Å². The van der Waals surface area contributed by atoms with Crippen LogP contribution in [0, 0.1) is 0 Å². The average molecular weight is 330 g/mol. The van der Waals surface area contributed by atoms with Gasteiger partial charge < -0.3 is 0 Å². The van der Waals surface area contributed by atoms with E-state index in [1.54, 1.807) is 0 Å². The van der Waals surface area contributed by atoms with E-state index in [9.17, 15) is 16.8 Å². The molecule has 66 valence electrons. The van der Waals surface area contributed by atoms with Crippen LogP contribution in [-0.4, -0.2) is 86.3 Å². The van der Waals surface area contributed by atoms with Gasteiger partial charge >= 0.3 is 48.9 Å². The molecule has 0 aliphatic rings. The van der Waals surface area contributed by atoms with Gasteiger partial charge in [-0.25, -0.2) is 0 Å². The van der Waals surface area contributed by atoms with E-state index < -0.39 is 31.7 Å². The van der Waals surface area contributed by atoms with E-state index in [0.717, 1.165) is 0 Å². The zero-order valence-corrected chi connectivity index (χ0v) is 6.39. The van der Waals surface area contributed by atoms with Crippen molar-refractivity contribution in [3.05, 3.63) is 0 Å². The summed E-state index contributed by atoms with van der Waals surface area (Å²) in [6.45, 7) is 0. The van der Waals surface area contributed by atoms with E-state index >= 15 is 0 Å². The second-order valence-electron chi connectivity index (χ2n) is 1.57. The van der Waals surface area contributed by atoms with Crippen LogP contribution < -0.4 is 0 Å². The van der Waals surface area contributed by atoms with Gasteiger partial charge in [0.2, 0.25) is 0 Å². The molecular formula is C2H8BaO6S2. The first-order valence-electron chi connectivity index (χ1n) is 2.11. The Balaban J connectivity index is 0. The van der Waals surface area contributed by atoms with Crippen molar-refractivity contribution in [3.63, 3.8) is 0 Å². The Bertz CT molecular complexity index is 255. The molecule has 0 heterocycles. The standard InChI is InChI=1S/C2H6O6S2.Ba.2H/c3-9(4,5)1-2-10(6,7)8;;;/h1-2H2,(H,3,4,5)(H,6,7,8);;;. The van der Waals surface area contributed by atoms with Gasteiger partial charge in [0, 0.05) is 0 Å². The van der Waals surface area contributed by atoms with Gasteiger partial charge in [-0.2, -0.15) is 16.8 Å². The van der Waals surface area contributed by atoms with Crippen LogP contribution in [0.2, 0.25) is 0 Å². The van der Waals surface area contributed by atoms with Gasteiger partial charge in [0.1, 0.15) is 0 Å². The fourth-order valence-electron chi connectivity index (χ4n) is 0.211. The Morgan fingerprint density at radius 3 is 1.09 bits per heavy atom. The zero-order valence-electron chi connectivity index (χ0n) is 4.76. The average Bonchev–Trinajstić information content (AvgIpc) is 1.57. The van der Waals surface area contributed by atoms with Crippen LogP contribution in [0.4, 0.5) is 0 Å². The van der Waals surface area contributed by atoms with Crippen LogP contribution in [0.25, 0.3) is 0 Å². The molecule has 2 N–H and O–H groups in total. The topological polar surface area (TPSA) is 109 Å². The fourth-order valence-corrected chi connectivity index (χ4v) is 1.90. The van der Waals surface area contributed by atoms with Gasteiger partial charge in [-0.3, -0.25) is 9.11 Å². The number of rotatable bonds is 3. The Morgan fingerprint density at radius 1 is 0.818 bits per heavy atom. The van der Waals surface area contributed by atoms with Crippen LogP contribution in [0.1, 0.15) is 0 Å². The first-order chi connectivity index (χ1) is 4.21. The SMILES string of the molecule is O=S(=O)(O)CCS(=O)(=O)O.[BaH2]. The summed E-state index contributed by atoms with van der Waals surface area (Å²) < 4.78 is 55.4. The molecule has 0 aromatic rings. The van der Waals surface area contributed by atoms with Crippen molar-refractivity contribution >= 4 is 69.1 Å². The van der Waals surface area contributed by atoms with Crippen molar-refractivity contribution in [1.29, 1.82) is 0 Å². The fraction of sp³-hybridized carbons (Fsp3) is 1.00. The van der Waals surface area contributed by atoms with E-state index in [4.69, 9.17) is 9.11 Å². The van der Waals surface area contributed by atoms with Crippen molar-refractivity contribution in [2.75, 3.05) is 11.5 Å². The second-order valence-corrected chi connectivity index (χ2v) is 4.72. The summed E-state index contributed by atoms with van der Waals surface area (Å²) in [6, 6.07) is 0. The van der Waals surface area contributed by atoms with Crippen molar-refractivity contribution in [2.24, 2.45) is 0 Å². The molecule has 0 bridgehead atoms. The van der Waals surface area contributed by atoms with E-state index in [1.807, 2.05) is 0 Å². The molecule has 6 nitrogen and oxygen atoms in total. The Hall–Kier alpha value is 1.39. The predicted octanol–water partition coefficient (Wildman–Crippen LogP) is -2.15. The van der Waals surface area contributed by atoms with Gasteiger partial charge in [0.05, 0.1) is 11.5 Å². The normalized spacial score (nSPS) is 12.2. The van der Waals surface area contributed by atoms with E-state index in [-0.39, 0.29) is 48.9 Å². The number of hydrogen-bond donors (Lipinski definition) is 2. The molecule has 0 fully saturated rings. The van der Waals surface area contributed by atoms with E-state index in [2.05, 4.69) is 0 Å². The van der Waals surface area contributed by atoms with Crippen molar-refractivity contribution in [2.45, 2.75) is 0 Å². The first-order valence-corrected chi connectivity index (χ1v) is 5.33. The molecular weight excluding hydrogens is 321 g/mol. The molecule has 0 atom stereocenters. The molecule has 0 radical (unpaired) electrons. The van der Waals surface area contributed by atoms with Crippen molar-refractivity contribution < 1.29 is 25.9 Å². The summed E-state index contributed by atoms with van der Waals surface area (Å²) in [6.07, 6.45) is 0. The summed E-state index contributed by atoms with van der Waals surface area (Å²) in [7, 11) is -8.59. The molecule has 0 aromatic carbocycles. The van der Waals surface area contributed by atoms with Gasteiger partial charge in [0.25, 0.3) is 20.2 Å². The summed E-state index contributed by atoms with van der Waals surface area (Å²) in [4.78, 5) is 0. The van der Waals surface area contributed by atoms with Crippen LogP contribution in [0.15, 0.2) is 0 Å². The monoisotopic (exact) mass is 330 g/mol. The summed E-state index contributed by atoms with van der Waals surface area (Å²) in [5, 5.41) is 0. The molecule has 0 aliphatic carbocycles. The molecule has 0 spiro atoms. The molecule has 0 saturated heterocycles. The molecule has 0 aliphatic heterocycles. The zero-order chi connectivity index (χ0) is 8.41. The van der Waals surface area contributed by atoms with Gasteiger partial charge in [0.15, 0.2) is 0 Å². The van der Waals surface area contributed by atoms with Crippen molar-refractivity contribution in [1.82, 2.24) is 0 Å². The van der Waals surface area contributed by atoms with Crippen LogP contribution in [0.5, 0.6) is 0 Å². The predicted molar refractivity (Wildman–Crippen MR) is 41.4 cm³/mol. The summed E-state index contributed by atoms with van der Waals surface area (Å²) in [5.41, 5.74) is 0. The maximum absolute atomic E-state index is 9.86. The summed E-state index contributed by atoms with van der Waals surface area (Å²) >= 11 is 0. The molecule has 0 aromatic heterocycles. The molecule has 9 heteroatoms. The van der Waals surface area contributed by atoms with Crippen LogP contribution in [-0.2, 0) is 20.2 Å². The molecule has 0 amide bonds. The summed E-state index contributed by atoms with van der Waals surface area (Å²) in [5.74, 6) is -1.96. The van der Waals surface area contributed by atoms with Crippen molar-refractivity contribution in [3.8, 4) is 0 Å². The molecule has 0 saturated carbocycles. The minimum atomic E-state index is -4.30. The van der Waals surface area contributed by atoms with Gasteiger partial charge in [-0.15, -0.1) is 0 Å². The molecule has 0 unspecified atom stereocenters. The van der Waals surface area contributed by atoms with Crippen LogP contribution >= 0.6 is 0 Å². The second kappa shape index (κ2) is 5.19. The third kappa shape index (κ3) is 14.3. The van der Waals surface area contributed by atoms with E-state index in [1.165, 1.54) is 0 Å². The molecule has 0 rings (SSSR count). The van der Waals surface area contributed by atoms with Gasteiger partial charge in [-0.05, 0) is 0 Å². The van der Waals surface area contributed by atoms with Gasteiger partial charge in [-0.1, -0.05) is 0 Å². The quantitative estimate of drug-likeness (QED) is 0.451.